The number of nitrogens with zero attached hydrogens (tertiary/aromatic N) is 3. The molecule has 140 valence electrons. The minimum Gasteiger partial charge on any atom is -0.455 e. The number of hydrogen-bond acceptors (Lipinski definition) is 7. The van der Waals surface area contributed by atoms with Crippen LogP contribution in [-0.2, 0) is 16.1 Å². The Kier molecular flexibility index (Phi) is 5.36. The molecule has 0 radical (unpaired) electrons. The topological polar surface area (TPSA) is 85.5 Å². The van der Waals surface area contributed by atoms with E-state index in [1.807, 2.05) is 31.2 Å². The molecule has 7 nitrogen and oxygen atoms in total. The molecule has 3 rings (SSSR count). The second kappa shape index (κ2) is 7.71. The highest BCUT2D eigenvalue weighted by atomic mass is 32.1. The van der Waals surface area contributed by atoms with Crippen molar-refractivity contribution in [1.82, 2.24) is 10.1 Å². The first kappa shape index (κ1) is 18.8. The van der Waals surface area contributed by atoms with E-state index in [2.05, 4.69) is 10.1 Å². The van der Waals surface area contributed by atoms with Crippen LogP contribution in [-0.4, -0.2) is 22.0 Å². The van der Waals surface area contributed by atoms with Crippen molar-refractivity contribution in [3.8, 4) is 0 Å². The van der Waals surface area contributed by atoms with Gasteiger partial charge in [-0.05, 0) is 38.5 Å². The van der Waals surface area contributed by atoms with Gasteiger partial charge in [0.2, 0.25) is 5.91 Å². The molecule has 27 heavy (non-hydrogen) atoms. The Bertz CT molecular complexity index is 973. The largest absolute Gasteiger partial charge is 0.455 e. The highest BCUT2D eigenvalue weighted by Crippen LogP contribution is 2.29. The van der Waals surface area contributed by atoms with Crippen LogP contribution in [0.5, 0.6) is 0 Å². The predicted molar refractivity (Wildman–Crippen MR) is 101 cm³/mol. The lowest BCUT2D eigenvalue weighted by atomic mass is 10.2. The first-order valence-electron chi connectivity index (χ1n) is 8.28. The van der Waals surface area contributed by atoms with Gasteiger partial charge in [-0.25, -0.2) is 9.78 Å². The summed E-state index contributed by atoms with van der Waals surface area (Å²) in [5, 5.41) is 6.04. The van der Waals surface area contributed by atoms with Crippen molar-refractivity contribution < 1.29 is 18.8 Å². The quantitative estimate of drug-likeness (QED) is 0.615. The number of thiazole rings is 1. The molecule has 0 bridgehead atoms. The van der Waals surface area contributed by atoms with Gasteiger partial charge < -0.3 is 9.26 Å². The van der Waals surface area contributed by atoms with Crippen molar-refractivity contribution in [2.45, 2.75) is 34.3 Å². The maximum Gasteiger partial charge on any atom is 0.344 e. The minimum atomic E-state index is -0.511. The van der Waals surface area contributed by atoms with Gasteiger partial charge in [0, 0.05) is 12.3 Å². The molecule has 1 amide bonds. The Labute approximate surface area is 160 Å². The van der Waals surface area contributed by atoms with Crippen LogP contribution in [0.3, 0.4) is 0 Å². The minimum absolute atomic E-state index is 0.00104. The number of carbonyl (C=O) groups excluding carboxylic acids is 2. The van der Waals surface area contributed by atoms with Gasteiger partial charge in [0.1, 0.15) is 17.9 Å². The summed E-state index contributed by atoms with van der Waals surface area (Å²) in [6.45, 7) is 6.79. The van der Waals surface area contributed by atoms with Crippen molar-refractivity contribution in [3.63, 3.8) is 0 Å². The zero-order valence-electron chi connectivity index (χ0n) is 15.5. The van der Waals surface area contributed by atoms with Crippen molar-refractivity contribution in [3.05, 3.63) is 57.9 Å². The molecular weight excluding hydrogens is 366 g/mol. The van der Waals surface area contributed by atoms with Gasteiger partial charge in [-0.1, -0.05) is 17.3 Å². The van der Waals surface area contributed by atoms with E-state index in [0.29, 0.717) is 27.8 Å². The van der Waals surface area contributed by atoms with Crippen LogP contribution in [0, 0.1) is 20.8 Å². The Hall–Kier alpha value is -3.00. The van der Waals surface area contributed by atoms with E-state index in [-0.39, 0.29) is 12.5 Å². The van der Waals surface area contributed by atoms with E-state index in [1.54, 1.807) is 19.2 Å². The number of esters is 1. The predicted octanol–water partition coefficient (Wildman–Crippen LogP) is 4.10. The van der Waals surface area contributed by atoms with E-state index in [0.717, 1.165) is 11.3 Å². The van der Waals surface area contributed by atoms with Crippen LogP contribution in [0.2, 0.25) is 0 Å². The molecule has 0 atom stereocenters. The molecule has 3 aromatic rings. The molecule has 0 saturated carbocycles. The van der Waals surface area contributed by atoms with Crippen LogP contribution in [0.25, 0.3) is 0 Å². The smallest absolute Gasteiger partial charge is 0.344 e. The fourth-order valence-corrected chi connectivity index (χ4v) is 3.52. The zero-order valence-corrected chi connectivity index (χ0v) is 16.3. The molecule has 2 aromatic heterocycles. The molecule has 0 saturated heterocycles. The van der Waals surface area contributed by atoms with Crippen LogP contribution >= 0.6 is 11.3 Å². The van der Waals surface area contributed by atoms with Gasteiger partial charge in [0.05, 0.1) is 17.1 Å². The fraction of sp³-hybridized carbons (Fsp3) is 0.263. The van der Waals surface area contributed by atoms with Crippen LogP contribution < -0.4 is 4.90 Å². The van der Waals surface area contributed by atoms with Crippen molar-refractivity contribution in [1.29, 1.82) is 0 Å². The maximum atomic E-state index is 12.2. The molecule has 1 aromatic carbocycles. The second-order valence-corrected chi connectivity index (χ2v) is 6.93. The van der Waals surface area contributed by atoms with E-state index >= 15 is 0 Å². The molecule has 0 fully saturated rings. The molecule has 2 heterocycles. The average Bonchev–Trinajstić information content (AvgIpc) is 3.19. The zero-order chi connectivity index (χ0) is 19.6. The van der Waals surface area contributed by atoms with E-state index < -0.39 is 5.97 Å². The SMILES string of the molecule is CC(=O)N(c1cccc(C)c1)c1nc(COC(=O)c2c(C)noc2C)cs1. The number of benzene rings is 1. The van der Waals surface area contributed by atoms with Crippen molar-refractivity contribution >= 4 is 34.0 Å². The summed E-state index contributed by atoms with van der Waals surface area (Å²) in [4.78, 5) is 30.4. The highest BCUT2D eigenvalue weighted by molar-refractivity contribution is 7.14. The number of aryl methyl sites for hydroxylation is 3. The number of aromatic nitrogens is 2. The monoisotopic (exact) mass is 385 g/mol. The third-order valence-electron chi connectivity index (χ3n) is 3.89. The number of amides is 1. The number of anilines is 2. The lowest BCUT2D eigenvalue weighted by Crippen LogP contribution is -2.22. The molecule has 0 aliphatic carbocycles. The Morgan fingerprint density at radius 2 is 2.04 bits per heavy atom. The summed E-state index contributed by atoms with van der Waals surface area (Å²) in [6.07, 6.45) is 0. The standard InChI is InChI=1S/C19H19N3O4S/c1-11-6-5-7-16(8-11)22(14(4)23)19-20-15(10-27-19)9-25-18(24)17-12(2)21-26-13(17)3/h5-8,10H,9H2,1-4H3. The lowest BCUT2D eigenvalue weighted by molar-refractivity contribution is -0.115. The number of rotatable bonds is 5. The van der Waals surface area contributed by atoms with Gasteiger partial charge in [0.25, 0.3) is 0 Å². The van der Waals surface area contributed by atoms with Crippen LogP contribution in [0.1, 0.15) is 40.0 Å². The number of hydrogen-bond donors (Lipinski definition) is 0. The molecule has 0 aliphatic rings. The molecular formula is C19H19N3O4S. The molecule has 0 N–H and O–H groups in total. The first-order valence-corrected chi connectivity index (χ1v) is 9.16. The normalized spacial score (nSPS) is 10.7. The van der Waals surface area contributed by atoms with Gasteiger partial charge in [-0.2, -0.15) is 0 Å². The van der Waals surface area contributed by atoms with E-state index in [9.17, 15) is 9.59 Å². The lowest BCUT2D eigenvalue weighted by Gasteiger charge is -2.18. The van der Waals surface area contributed by atoms with E-state index in [4.69, 9.17) is 9.26 Å². The van der Waals surface area contributed by atoms with Gasteiger partial charge in [-0.15, -0.1) is 11.3 Å². The Morgan fingerprint density at radius 1 is 1.26 bits per heavy atom. The number of ether oxygens (including phenoxy) is 1. The fourth-order valence-electron chi connectivity index (χ4n) is 2.65. The summed E-state index contributed by atoms with van der Waals surface area (Å²) in [5.41, 5.74) is 3.17. The summed E-state index contributed by atoms with van der Waals surface area (Å²) in [6, 6.07) is 7.62. The third-order valence-corrected chi connectivity index (χ3v) is 4.77. The summed E-state index contributed by atoms with van der Waals surface area (Å²) in [5.74, 6) is -0.240. The first-order chi connectivity index (χ1) is 12.9. The van der Waals surface area contributed by atoms with E-state index in [1.165, 1.54) is 23.2 Å². The Morgan fingerprint density at radius 3 is 2.67 bits per heavy atom. The third kappa shape index (κ3) is 4.06. The molecule has 8 heteroatoms. The average molecular weight is 385 g/mol. The summed E-state index contributed by atoms with van der Waals surface area (Å²) < 4.78 is 10.3. The summed E-state index contributed by atoms with van der Waals surface area (Å²) >= 11 is 1.31. The highest BCUT2D eigenvalue weighted by Gasteiger charge is 2.21. The van der Waals surface area contributed by atoms with Gasteiger partial charge >= 0.3 is 5.97 Å². The molecule has 0 aliphatic heterocycles. The summed E-state index contributed by atoms with van der Waals surface area (Å²) in [7, 11) is 0. The maximum absolute atomic E-state index is 12.2. The molecule has 0 spiro atoms. The second-order valence-electron chi connectivity index (χ2n) is 6.09. The molecule has 0 unspecified atom stereocenters. The van der Waals surface area contributed by atoms with Crippen LogP contribution in [0.15, 0.2) is 34.2 Å². The Balaban J connectivity index is 1.75. The van der Waals surface area contributed by atoms with Crippen molar-refractivity contribution in [2.75, 3.05) is 4.90 Å². The van der Waals surface area contributed by atoms with Gasteiger partial charge in [-0.3, -0.25) is 9.69 Å². The van der Waals surface area contributed by atoms with Crippen LogP contribution in [0.4, 0.5) is 10.8 Å². The van der Waals surface area contributed by atoms with Gasteiger partial charge in [0.15, 0.2) is 5.13 Å². The number of carbonyl (C=O) groups is 2. The van der Waals surface area contributed by atoms with Crippen molar-refractivity contribution in [2.24, 2.45) is 0 Å².